The van der Waals surface area contributed by atoms with Crippen molar-refractivity contribution >= 4 is 11.9 Å². The van der Waals surface area contributed by atoms with Crippen molar-refractivity contribution < 1.29 is 19.1 Å². The lowest BCUT2D eigenvalue weighted by atomic mass is 10.2. The largest absolute Gasteiger partial charge is 0.496 e. The zero-order chi connectivity index (χ0) is 22.8. The lowest BCUT2D eigenvalue weighted by Gasteiger charge is -2.12. The average molecular weight is 435 g/mol. The summed E-state index contributed by atoms with van der Waals surface area (Å²) in [5, 5.41) is 15.0. The van der Waals surface area contributed by atoms with Crippen molar-refractivity contribution in [2.24, 2.45) is 5.10 Å². The molecule has 0 aliphatic rings. The van der Waals surface area contributed by atoms with E-state index in [1.807, 2.05) is 49.4 Å². The maximum atomic E-state index is 10.8. The molecular weight excluding hydrogens is 410 g/mol. The molecule has 0 radical (unpaired) electrons. The third-order valence-electron chi connectivity index (χ3n) is 4.58. The summed E-state index contributed by atoms with van der Waals surface area (Å²) in [4.78, 5) is 10.3. The van der Waals surface area contributed by atoms with E-state index >= 15 is 0 Å². The number of hydrazone groups is 1. The summed E-state index contributed by atoms with van der Waals surface area (Å²) in [5.74, 6) is 2.00. The Kier molecular flexibility index (Phi) is 8.02. The number of hydrogen-bond donors (Lipinski definition) is 1. The minimum Gasteiger partial charge on any atom is -0.496 e. The number of rotatable bonds is 11. The van der Waals surface area contributed by atoms with Gasteiger partial charge in [-0.05, 0) is 54.4 Å². The smallest absolute Gasteiger partial charge is 0.269 e. The zero-order valence-corrected chi connectivity index (χ0v) is 18.0. The number of nitrogens with zero attached hydrogens (tertiary/aromatic N) is 2. The Bertz CT molecular complexity index is 1070. The van der Waals surface area contributed by atoms with Gasteiger partial charge in [-0.3, -0.25) is 10.1 Å². The van der Waals surface area contributed by atoms with Crippen LogP contribution in [0.1, 0.15) is 23.6 Å². The number of nitrogens with one attached hydrogen (secondary N) is 1. The van der Waals surface area contributed by atoms with Crippen molar-refractivity contribution in [1.82, 2.24) is 5.43 Å². The molecule has 0 atom stereocenters. The maximum absolute atomic E-state index is 10.8. The molecule has 0 aromatic heterocycles. The summed E-state index contributed by atoms with van der Waals surface area (Å²) in [6.07, 6.45) is 1.71. The van der Waals surface area contributed by atoms with E-state index in [0.717, 1.165) is 22.4 Å². The van der Waals surface area contributed by atoms with E-state index in [9.17, 15) is 10.1 Å². The summed E-state index contributed by atoms with van der Waals surface area (Å²) in [6.45, 7) is 3.19. The van der Waals surface area contributed by atoms with Crippen LogP contribution >= 0.6 is 0 Å². The SMILES string of the molecule is CCOc1cc(/C=N\NCc2ccccc2OC)ccc1OCc1ccc([N+](=O)[O-])cc1. The fraction of sp³-hybridized carbons (Fsp3) is 0.208. The third kappa shape index (κ3) is 6.21. The predicted molar refractivity (Wildman–Crippen MR) is 122 cm³/mol. The summed E-state index contributed by atoms with van der Waals surface area (Å²) in [7, 11) is 1.64. The minimum atomic E-state index is -0.427. The monoisotopic (exact) mass is 435 g/mol. The van der Waals surface area contributed by atoms with Crippen LogP contribution in [0.5, 0.6) is 17.2 Å². The summed E-state index contributed by atoms with van der Waals surface area (Å²) in [5.41, 5.74) is 5.75. The van der Waals surface area contributed by atoms with Crippen molar-refractivity contribution in [2.75, 3.05) is 13.7 Å². The number of nitro groups is 1. The molecule has 1 N–H and O–H groups in total. The normalized spacial score (nSPS) is 10.7. The first-order chi connectivity index (χ1) is 15.6. The van der Waals surface area contributed by atoms with Gasteiger partial charge in [0.25, 0.3) is 5.69 Å². The van der Waals surface area contributed by atoms with Gasteiger partial charge in [0.1, 0.15) is 12.4 Å². The van der Waals surface area contributed by atoms with Crippen LogP contribution in [-0.2, 0) is 13.2 Å². The second-order valence-corrected chi connectivity index (χ2v) is 6.76. The number of para-hydroxylation sites is 1. The van der Waals surface area contributed by atoms with Crippen LogP contribution in [0.3, 0.4) is 0 Å². The minimum absolute atomic E-state index is 0.0479. The van der Waals surface area contributed by atoms with E-state index in [1.54, 1.807) is 25.5 Å². The molecule has 0 amide bonds. The lowest BCUT2D eigenvalue weighted by molar-refractivity contribution is -0.384. The number of hydrogen-bond acceptors (Lipinski definition) is 7. The lowest BCUT2D eigenvalue weighted by Crippen LogP contribution is -2.07. The quantitative estimate of drug-likeness (QED) is 0.266. The second-order valence-electron chi connectivity index (χ2n) is 6.76. The van der Waals surface area contributed by atoms with E-state index in [1.165, 1.54) is 12.1 Å². The summed E-state index contributed by atoms with van der Waals surface area (Å²) in [6, 6.07) is 19.6. The van der Waals surface area contributed by atoms with Gasteiger partial charge in [-0.25, -0.2) is 0 Å². The molecule has 32 heavy (non-hydrogen) atoms. The van der Waals surface area contributed by atoms with Crippen molar-refractivity contribution in [3.05, 3.63) is 93.5 Å². The second kappa shape index (κ2) is 11.4. The Morgan fingerprint density at radius 2 is 1.78 bits per heavy atom. The Morgan fingerprint density at radius 3 is 2.50 bits per heavy atom. The zero-order valence-electron chi connectivity index (χ0n) is 18.0. The molecule has 166 valence electrons. The van der Waals surface area contributed by atoms with Crippen LogP contribution in [0.4, 0.5) is 5.69 Å². The Balaban J connectivity index is 1.61. The van der Waals surface area contributed by atoms with E-state index in [-0.39, 0.29) is 12.3 Å². The van der Waals surface area contributed by atoms with Crippen LogP contribution in [0.2, 0.25) is 0 Å². The molecule has 3 aromatic rings. The molecule has 0 heterocycles. The topological polar surface area (TPSA) is 95.2 Å². The average Bonchev–Trinajstić information content (AvgIpc) is 2.82. The highest BCUT2D eigenvalue weighted by Gasteiger charge is 2.08. The molecule has 8 nitrogen and oxygen atoms in total. The molecule has 0 saturated carbocycles. The van der Waals surface area contributed by atoms with Crippen LogP contribution in [-0.4, -0.2) is 24.9 Å². The summed E-state index contributed by atoms with van der Waals surface area (Å²) < 4.78 is 16.9. The van der Waals surface area contributed by atoms with E-state index in [0.29, 0.717) is 24.7 Å². The van der Waals surface area contributed by atoms with Gasteiger partial charge in [0, 0.05) is 17.7 Å². The van der Waals surface area contributed by atoms with Crippen molar-refractivity contribution in [1.29, 1.82) is 0 Å². The third-order valence-corrected chi connectivity index (χ3v) is 4.58. The number of non-ortho nitro benzene ring substituents is 1. The number of methoxy groups -OCH3 is 1. The molecule has 0 unspecified atom stereocenters. The van der Waals surface area contributed by atoms with E-state index in [2.05, 4.69) is 10.5 Å². The molecule has 8 heteroatoms. The van der Waals surface area contributed by atoms with Crippen LogP contribution in [0.25, 0.3) is 0 Å². The molecule has 3 aromatic carbocycles. The number of nitro benzene ring substituents is 1. The van der Waals surface area contributed by atoms with Crippen molar-refractivity contribution in [3.8, 4) is 17.2 Å². The van der Waals surface area contributed by atoms with Gasteiger partial charge < -0.3 is 19.6 Å². The van der Waals surface area contributed by atoms with Crippen LogP contribution in [0.15, 0.2) is 71.8 Å². The molecule has 0 spiro atoms. The Hall–Kier alpha value is -4.07. The molecule has 0 saturated heterocycles. The predicted octanol–water partition coefficient (Wildman–Crippen LogP) is 4.70. The van der Waals surface area contributed by atoms with E-state index in [4.69, 9.17) is 14.2 Å². The molecule has 0 aliphatic heterocycles. The fourth-order valence-electron chi connectivity index (χ4n) is 2.97. The molecular formula is C24H25N3O5. The highest BCUT2D eigenvalue weighted by Crippen LogP contribution is 2.29. The summed E-state index contributed by atoms with van der Waals surface area (Å²) >= 11 is 0. The van der Waals surface area contributed by atoms with Gasteiger partial charge in [0.15, 0.2) is 11.5 Å². The van der Waals surface area contributed by atoms with Gasteiger partial charge in [0.05, 0.1) is 31.4 Å². The van der Waals surface area contributed by atoms with Gasteiger partial charge in [-0.1, -0.05) is 18.2 Å². The maximum Gasteiger partial charge on any atom is 0.269 e. The molecule has 0 fully saturated rings. The highest BCUT2D eigenvalue weighted by molar-refractivity contribution is 5.80. The van der Waals surface area contributed by atoms with Crippen molar-refractivity contribution in [3.63, 3.8) is 0 Å². The van der Waals surface area contributed by atoms with Gasteiger partial charge in [0.2, 0.25) is 0 Å². The first-order valence-electron chi connectivity index (χ1n) is 10.1. The first kappa shape index (κ1) is 22.6. The standard InChI is InChI=1S/C24H25N3O5/c1-3-31-24-14-19(15-25-26-16-20-6-4-5-7-22(20)30-2)10-13-23(24)32-17-18-8-11-21(12-9-18)27(28)29/h4-15,26H,3,16-17H2,1-2H3/b25-15-. The Labute approximate surface area is 186 Å². The van der Waals surface area contributed by atoms with Crippen LogP contribution < -0.4 is 19.6 Å². The molecule has 3 rings (SSSR count). The first-order valence-corrected chi connectivity index (χ1v) is 10.1. The van der Waals surface area contributed by atoms with Gasteiger partial charge >= 0.3 is 0 Å². The molecule has 0 aliphatic carbocycles. The van der Waals surface area contributed by atoms with Crippen molar-refractivity contribution in [2.45, 2.75) is 20.1 Å². The van der Waals surface area contributed by atoms with E-state index < -0.39 is 4.92 Å². The number of ether oxygens (including phenoxy) is 3. The molecule has 0 bridgehead atoms. The fourth-order valence-corrected chi connectivity index (χ4v) is 2.97. The highest BCUT2D eigenvalue weighted by atomic mass is 16.6. The van der Waals surface area contributed by atoms with Crippen LogP contribution in [0, 0.1) is 10.1 Å². The van der Waals surface area contributed by atoms with Gasteiger partial charge in [-0.2, -0.15) is 5.10 Å². The van der Waals surface area contributed by atoms with Gasteiger partial charge in [-0.15, -0.1) is 0 Å². The Morgan fingerprint density at radius 1 is 1.00 bits per heavy atom. The number of benzene rings is 3.